The van der Waals surface area contributed by atoms with Crippen LogP contribution in [0.25, 0.3) is 55.9 Å². The van der Waals surface area contributed by atoms with Crippen molar-refractivity contribution in [3.8, 4) is 55.9 Å². The molecule has 2 unspecified atom stereocenters. The number of rotatable bonds is 6. The number of hydrogen-bond donors (Lipinski definition) is 0. The van der Waals surface area contributed by atoms with Crippen molar-refractivity contribution < 1.29 is 9.13 Å². The van der Waals surface area contributed by atoms with Gasteiger partial charge >= 0.3 is 0 Å². The Hall–Kier alpha value is -6.58. The Labute approximate surface area is 316 Å². The van der Waals surface area contributed by atoms with Crippen molar-refractivity contribution in [2.24, 2.45) is 0 Å². The quantitative estimate of drug-likeness (QED) is 0.158. The SMILES string of the molecule is c1ccc(-c2ccc(N(c3cc(-c4ccccc4)cc4c3CC[n+]3ccccc3-4)c3cc(-c4ccccc4)cc4c3C3CC3[n+]3ccccc3-4)cc2)cc1. The van der Waals surface area contributed by atoms with Gasteiger partial charge in [0.25, 0.3) is 0 Å². The third-order valence-corrected chi connectivity index (χ3v) is 11.8. The second kappa shape index (κ2) is 12.5. The third-order valence-electron chi connectivity index (χ3n) is 11.8. The van der Waals surface area contributed by atoms with E-state index in [1.807, 2.05) is 0 Å². The van der Waals surface area contributed by atoms with Crippen LogP contribution in [-0.4, -0.2) is 0 Å². The molecule has 0 bridgehead atoms. The van der Waals surface area contributed by atoms with Crippen LogP contribution in [0.2, 0.25) is 0 Å². The van der Waals surface area contributed by atoms with Crippen LogP contribution in [0.4, 0.5) is 17.1 Å². The summed E-state index contributed by atoms with van der Waals surface area (Å²) in [6.45, 7) is 0.943. The molecule has 1 fully saturated rings. The van der Waals surface area contributed by atoms with E-state index in [4.69, 9.17) is 0 Å². The van der Waals surface area contributed by atoms with E-state index in [0.717, 1.165) is 19.4 Å². The van der Waals surface area contributed by atoms with Gasteiger partial charge in [-0.25, -0.2) is 0 Å². The maximum atomic E-state index is 2.62. The molecule has 2 aromatic heterocycles. The highest BCUT2D eigenvalue weighted by Crippen LogP contribution is 2.59. The summed E-state index contributed by atoms with van der Waals surface area (Å²) in [5.74, 6) is 0.454. The molecule has 0 N–H and O–H groups in total. The van der Waals surface area contributed by atoms with Crippen LogP contribution in [0.15, 0.2) is 188 Å². The first-order valence-corrected chi connectivity index (χ1v) is 19.2. The summed E-state index contributed by atoms with van der Waals surface area (Å²) in [5.41, 5.74) is 19.1. The molecule has 4 heterocycles. The van der Waals surface area contributed by atoms with Crippen LogP contribution in [0.3, 0.4) is 0 Å². The van der Waals surface area contributed by atoms with Gasteiger partial charge in [0, 0.05) is 48.4 Å². The molecule has 0 spiro atoms. The van der Waals surface area contributed by atoms with E-state index >= 15 is 0 Å². The van der Waals surface area contributed by atoms with Gasteiger partial charge in [-0.15, -0.1) is 0 Å². The van der Waals surface area contributed by atoms with Crippen molar-refractivity contribution in [2.45, 2.75) is 31.3 Å². The first kappa shape index (κ1) is 31.0. The topological polar surface area (TPSA) is 11.0 Å². The Balaban J connectivity index is 1.22. The minimum atomic E-state index is 0.454. The molecule has 3 nitrogen and oxygen atoms in total. The van der Waals surface area contributed by atoms with Crippen LogP contribution in [-0.2, 0) is 13.0 Å². The van der Waals surface area contributed by atoms with E-state index in [0.29, 0.717) is 12.0 Å². The van der Waals surface area contributed by atoms with Crippen LogP contribution in [0.5, 0.6) is 0 Å². The van der Waals surface area contributed by atoms with Crippen molar-refractivity contribution >= 4 is 17.1 Å². The monoisotopic (exact) mass is 693 g/mol. The fourth-order valence-electron chi connectivity index (χ4n) is 9.13. The first-order valence-electron chi connectivity index (χ1n) is 19.2. The van der Waals surface area contributed by atoms with Crippen molar-refractivity contribution in [1.29, 1.82) is 0 Å². The zero-order chi connectivity index (χ0) is 35.6. The molecule has 8 aromatic rings. The lowest BCUT2D eigenvalue weighted by atomic mass is 9.87. The highest BCUT2D eigenvalue weighted by molar-refractivity contribution is 5.93. The summed E-state index contributed by atoms with van der Waals surface area (Å²) in [6.07, 6.45) is 6.62. The Morgan fingerprint density at radius 1 is 0.463 bits per heavy atom. The van der Waals surface area contributed by atoms with Gasteiger partial charge in [-0.1, -0.05) is 103 Å². The Morgan fingerprint density at radius 3 is 1.70 bits per heavy atom. The molecular weight excluding hydrogens is 655 g/mol. The van der Waals surface area contributed by atoms with E-state index in [2.05, 4.69) is 202 Å². The largest absolute Gasteiger partial charge is 0.310 e. The fraction of sp³-hybridized carbons (Fsp3) is 0.0980. The number of benzene rings is 6. The summed E-state index contributed by atoms with van der Waals surface area (Å²) in [6, 6.07) is 65.5. The molecule has 1 aliphatic carbocycles. The number of aromatic nitrogens is 2. The van der Waals surface area contributed by atoms with Crippen LogP contribution < -0.4 is 14.0 Å². The van der Waals surface area contributed by atoms with Gasteiger partial charge in [-0.2, -0.15) is 9.13 Å². The van der Waals surface area contributed by atoms with Gasteiger partial charge in [0.05, 0.1) is 28.4 Å². The number of hydrogen-bond acceptors (Lipinski definition) is 1. The molecule has 11 rings (SSSR count). The number of pyridine rings is 2. The Morgan fingerprint density at radius 2 is 1.02 bits per heavy atom. The van der Waals surface area contributed by atoms with Gasteiger partial charge in [0.15, 0.2) is 25.0 Å². The molecule has 2 aliphatic heterocycles. The van der Waals surface area contributed by atoms with Crippen LogP contribution in [0.1, 0.15) is 29.5 Å². The smallest absolute Gasteiger partial charge is 0.213 e. The standard InChI is InChI=1S/C51H39N3/c1-4-14-35(15-5-1)38-22-24-41(25-23-38)54(49-32-39(36-16-6-2-7-17-36)30-43-42(49)26-29-52-27-12-10-20-46(43)52)50-33-40(37-18-8-3-9-19-37)31-44-47-21-11-13-28-53(47)48-34-45(48)51(44)50/h1-25,27-28,30-33,45,48H,26,29,34H2/q+2. The lowest BCUT2D eigenvalue weighted by Gasteiger charge is -2.33. The molecule has 6 aromatic carbocycles. The van der Waals surface area contributed by atoms with Crippen molar-refractivity contribution in [3.63, 3.8) is 0 Å². The zero-order valence-corrected chi connectivity index (χ0v) is 30.0. The van der Waals surface area contributed by atoms with Gasteiger partial charge < -0.3 is 4.90 Å². The van der Waals surface area contributed by atoms with E-state index in [-0.39, 0.29) is 0 Å². The first-order chi connectivity index (χ1) is 26.8. The molecule has 2 atom stereocenters. The molecule has 3 aliphatic rings. The summed E-state index contributed by atoms with van der Waals surface area (Å²) >= 11 is 0. The summed E-state index contributed by atoms with van der Waals surface area (Å²) < 4.78 is 4.94. The maximum absolute atomic E-state index is 2.62. The molecule has 0 amide bonds. The molecule has 0 saturated heterocycles. The highest BCUT2D eigenvalue weighted by Gasteiger charge is 2.54. The van der Waals surface area contributed by atoms with Gasteiger partial charge in [0.1, 0.15) is 0 Å². The third kappa shape index (κ3) is 5.11. The van der Waals surface area contributed by atoms with E-state index < -0.39 is 0 Å². The van der Waals surface area contributed by atoms with Gasteiger partial charge in [-0.3, -0.25) is 0 Å². The lowest BCUT2D eigenvalue weighted by Crippen LogP contribution is -2.40. The van der Waals surface area contributed by atoms with Crippen molar-refractivity contribution in [1.82, 2.24) is 0 Å². The second-order valence-electron chi connectivity index (χ2n) is 14.9. The van der Waals surface area contributed by atoms with Crippen molar-refractivity contribution in [2.75, 3.05) is 4.90 Å². The Kier molecular flexibility index (Phi) is 7.19. The Bertz CT molecular complexity index is 2680. The van der Waals surface area contributed by atoms with Crippen molar-refractivity contribution in [3.05, 3.63) is 199 Å². The minimum Gasteiger partial charge on any atom is -0.310 e. The average Bonchev–Trinajstić information content (AvgIpc) is 4.06. The fourth-order valence-corrected chi connectivity index (χ4v) is 9.13. The maximum Gasteiger partial charge on any atom is 0.213 e. The lowest BCUT2D eigenvalue weighted by molar-refractivity contribution is -0.692. The summed E-state index contributed by atoms with van der Waals surface area (Å²) in [5, 5.41) is 0. The predicted octanol–water partition coefficient (Wildman–Crippen LogP) is 11.7. The second-order valence-corrected chi connectivity index (χ2v) is 14.9. The predicted molar refractivity (Wildman–Crippen MR) is 219 cm³/mol. The molecule has 54 heavy (non-hydrogen) atoms. The van der Waals surface area contributed by atoms with E-state index in [1.54, 1.807) is 0 Å². The summed E-state index contributed by atoms with van der Waals surface area (Å²) in [4.78, 5) is 2.62. The minimum absolute atomic E-state index is 0.454. The molecular formula is C51H39N3+2. The number of anilines is 3. The summed E-state index contributed by atoms with van der Waals surface area (Å²) in [7, 11) is 0. The van der Waals surface area contributed by atoms with Crippen LogP contribution >= 0.6 is 0 Å². The number of aryl methyl sites for hydroxylation is 1. The normalized spacial score (nSPS) is 15.9. The number of nitrogens with zero attached hydrogens (tertiary/aromatic N) is 3. The molecule has 3 heteroatoms. The van der Waals surface area contributed by atoms with Crippen LogP contribution in [0, 0.1) is 0 Å². The molecule has 0 radical (unpaired) electrons. The molecule has 1 saturated carbocycles. The van der Waals surface area contributed by atoms with E-state index in [9.17, 15) is 0 Å². The average molecular weight is 694 g/mol. The van der Waals surface area contributed by atoms with Gasteiger partial charge in [0.2, 0.25) is 11.4 Å². The molecule has 256 valence electrons. The zero-order valence-electron chi connectivity index (χ0n) is 30.0. The highest BCUT2D eigenvalue weighted by atomic mass is 15.2. The van der Waals surface area contributed by atoms with E-state index in [1.165, 1.54) is 84.1 Å². The van der Waals surface area contributed by atoms with Gasteiger partial charge in [-0.05, 0) is 87.5 Å². The number of fused-ring (bicyclic) bond motifs is 9.